The number of hydrogen-bond acceptors (Lipinski definition) is 4. The summed E-state index contributed by atoms with van der Waals surface area (Å²) in [7, 11) is 0. The van der Waals surface area contributed by atoms with Gasteiger partial charge >= 0.3 is 5.97 Å². The Morgan fingerprint density at radius 2 is 2.24 bits per heavy atom. The molecule has 4 N–H and O–H groups in total. The minimum absolute atomic E-state index is 0.122. The highest BCUT2D eigenvalue weighted by Gasteiger charge is 2.50. The lowest BCUT2D eigenvalue weighted by Gasteiger charge is -2.11. The van der Waals surface area contributed by atoms with Crippen molar-refractivity contribution in [3.8, 4) is 0 Å². The molecule has 1 aliphatic carbocycles. The summed E-state index contributed by atoms with van der Waals surface area (Å²) in [5.41, 5.74) is 5.23. The highest BCUT2D eigenvalue weighted by molar-refractivity contribution is 5.97. The number of carboxylic acid groups (broad SMARTS) is 1. The predicted octanol–water partition coefficient (Wildman–Crippen LogP) is 0.258. The fraction of sp³-hybridized carbons (Fsp3) is 0.364. The third-order valence-electron chi connectivity index (χ3n) is 2.95. The lowest BCUT2D eigenvalue weighted by atomic mass is 10.1. The van der Waals surface area contributed by atoms with Crippen molar-refractivity contribution < 1.29 is 14.7 Å². The van der Waals surface area contributed by atoms with E-state index in [1.807, 2.05) is 0 Å². The van der Waals surface area contributed by atoms with Crippen molar-refractivity contribution in [1.29, 1.82) is 0 Å². The van der Waals surface area contributed by atoms with Crippen LogP contribution in [-0.4, -0.2) is 28.5 Å². The molecule has 0 aliphatic heterocycles. The van der Waals surface area contributed by atoms with Crippen LogP contribution < -0.4 is 11.1 Å². The van der Waals surface area contributed by atoms with Crippen LogP contribution in [-0.2, 0) is 4.79 Å². The number of nitrogens with zero attached hydrogens (tertiary/aromatic N) is 1. The molecule has 0 spiro atoms. The van der Waals surface area contributed by atoms with Crippen LogP contribution in [0.3, 0.4) is 0 Å². The summed E-state index contributed by atoms with van der Waals surface area (Å²) in [6.07, 6.45) is 2.66. The zero-order valence-corrected chi connectivity index (χ0v) is 9.14. The van der Waals surface area contributed by atoms with E-state index in [1.165, 1.54) is 6.20 Å². The van der Waals surface area contributed by atoms with Gasteiger partial charge in [0, 0.05) is 12.7 Å². The number of carbonyl (C=O) groups excluding carboxylic acids is 1. The van der Waals surface area contributed by atoms with Crippen LogP contribution in [0.1, 0.15) is 23.3 Å². The van der Waals surface area contributed by atoms with E-state index in [1.54, 1.807) is 12.1 Å². The molecule has 0 atom stereocenters. The molecular weight excluding hydrogens is 222 g/mol. The fourth-order valence-corrected chi connectivity index (χ4v) is 1.56. The molecule has 1 aromatic heterocycles. The summed E-state index contributed by atoms with van der Waals surface area (Å²) in [5, 5.41) is 11.5. The summed E-state index contributed by atoms with van der Waals surface area (Å²) in [6.45, 7) is 0.122. The van der Waals surface area contributed by atoms with Gasteiger partial charge in [0.15, 0.2) is 5.69 Å². The second-order valence-electron chi connectivity index (χ2n) is 4.21. The number of carbonyl (C=O) groups is 2. The number of rotatable bonds is 4. The second-order valence-corrected chi connectivity index (χ2v) is 4.21. The zero-order valence-electron chi connectivity index (χ0n) is 9.14. The van der Waals surface area contributed by atoms with E-state index in [-0.39, 0.29) is 17.9 Å². The average Bonchev–Trinajstić information content (AvgIpc) is 3.07. The molecule has 0 radical (unpaired) electrons. The average molecular weight is 235 g/mol. The van der Waals surface area contributed by atoms with E-state index in [2.05, 4.69) is 10.3 Å². The number of amides is 1. The van der Waals surface area contributed by atoms with Crippen molar-refractivity contribution in [3.05, 3.63) is 24.0 Å². The van der Waals surface area contributed by atoms with Crippen LogP contribution in [0, 0.1) is 5.41 Å². The lowest BCUT2D eigenvalue weighted by molar-refractivity contribution is -0.143. The monoisotopic (exact) mass is 235 g/mol. The largest absolute Gasteiger partial charge is 0.481 e. The molecule has 1 saturated carbocycles. The van der Waals surface area contributed by atoms with E-state index < -0.39 is 17.3 Å². The van der Waals surface area contributed by atoms with Crippen LogP contribution >= 0.6 is 0 Å². The Hall–Kier alpha value is -2.11. The minimum atomic E-state index is -0.869. The zero-order chi connectivity index (χ0) is 12.5. The number of nitrogens with one attached hydrogen (secondary N) is 1. The van der Waals surface area contributed by atoms with Gasteiger partial charge in [-0.25, -0.2) is 4.98 Å². The number of carboxylic acids is 1. The highest BCUT2D eigenvalue weighted by Crippen LogP contribution is 2.45. The third-order valence-corrected chi connectivity index (χ3v) is 2.95. The van der Waals surface area contributed by atoms with E-state index in [4.69, 9.17) is 10.8 Å². The van der Waals surface area contributed by atoms with Crippen LogP contribution in [0.4, 0.5) is 5.69 Å². The van der Waals surface area contributed by atoms with Gasteiger partial charge in [0.05, 0.1) is 11.1 Å². The number of hydrogen-bond donors (Lipinski definition) is 3. The summed E-state index contributed by atoms with van der Waals surface area (Å²) < 4.78 is 0. The Morgan fingerprint density at radius 1 is 1.53 bits per heavy atom. The van der Waals surface area contributed by atoms with Crippen LogP contribution in [0.15, 0.2) is 18.3 Å². The van der Waals surface area contributed by atoms with Gasteiger partial charge < -0.3 is 16.2 Å². The quantitative estimate of drug-likeness (QED) is 0.694. The maximum Gasteiger partial charge on any atom is 0.311 e. The third kappa shape index (κ3) is 2.20. The van der Waals surface area contributed by atoms with E-state index >= 15 is 0 Å². The standard InChI is InChI=1S/C11H13N3O3/c12-7-2-1-5-13-8(7)9(15)14-6-11(3-4-11)10(16)17/h1-2,5H,3-4,6,12H2,(H,14,15)(H,16,17). The van der Waals surface area contributed by atoms with Gasteiger partial charge in [-0.1, -0.05) is 0 Å². The molecule has 2 rings (SSSR count). The van der Waals surface area contributed by atoms with Crippen LogP contribution in [0.25, 0.3) is 0 Å². The van der Waals surface area contributed by atoms with Gasteiger partial charge in [-0.3, -0.25) is 9.59 Å². The molecule has 0 aromatic carbocycles. The van der Waals surface area contributed by atoms with E-state index in [9.17, 15) is 9.59 Å². The molecule has 6 nitrogen and oxygen atoms in total. The molecule has 0 bridgehead atoms. The first kappa shape index (κ1) is 11.4. The molecule has 0 saturated heterocycles. The number of aliphatic carboxylic acids is 1. The molecule has 1 aliphatic rings. The second kappa shape index (κ2) is 4.04. The smallest absolute Gasteiger partial charge is 0.311 e. The van der Waals surface area contributed by atoms with Crippen molar-refractivity contribution in [2.45, 2.75) is 12.8 Å². The van der Waals surface area contributed by atoms with Gasteiger partial charge in [0.1, 0.15) is 0 Å². The van der Waals surface area contributed by atoms with Gasteiger partial charge in [-0.05, 0) is 25.0 Å². The first-order chi connectivity index (χ1) is 8.05. The van der Waals surface area contributed by atoms with Crippen LogP contribution in [0.2, 0.25) is 0 Å². The Bertz CT molecular complexity index is 469. The molecule has 1 amide bonds. The summed E-state index contributed by atoms with van der Waals surface area (Å²) in [5.74, 6) is -1.30. The molecule has 1 heterocycles. The van der Waals surface area contributed by atoms with Gasteiger partial charge in [-0.15, -0.1) is 0 Å². The summed E-state index contributed by atoms with van der Waals surface area (Å²) >= 11 is 0. The molecule has 1 aromatic rings. The predicted molar refractivity (Wildman–Crippen MR) is 60.3 cm³/mol. The van der Waals surface area contributed by atoms with Gasteiger partial charge in [0.2, 0.25) is 0 Å². The Kier molecular flexibility index (Phi) is 2.71. The van der Waals surface area contributed by atoms with Crippen molar-refractivity contribution >= 4 is 17.6 Å². The number of pyridine rings is 1. The summed E-state index contributed by atoms with van der Waals surface area (Å²) in [6, 6.07) is 3.21. The Balaban J connectivity index is 1.99. The van der Waals surface area contributed by atoms with Gasteiger partial charge in [-0.2, -0.15) is 0 Å². The SMILES string of the molecule is Nc1cccnc1C(=O)NCC1(C(=O)O)CC1. The molecule has 6 heteroatoms. The minimum Gasteiger partial charge on any atom is -0.481 e. The van der Waals surface area contributed by atoms with E-state index in [0.717, 1.165) is 0 Å². The topological polar surface area (TPSA) is 105 Å². The maximum absolute atomic E-state index is 11.7. The van der Waals surface area contributed by atoms with Crippen molar-refractivity contribution in [1.82, 2.24) is 10.3 Å². The fourth-order valence-electron chi connectivity index (χ4n) is 1.56. The van der Waals surface area contributed by atoms with Gasteiger partial charge in [0.25, 0.3) is 5.91 Å². The Labute approximate surface area is 97.8 Å². The number of nitrogen functional groups attached to an aromatic ring is 1. The first-order valence-electron chi connectivity index (χ1n) is 5.27. The molecule has 0 unspecified atom stereocenters. The maximum atomic E-state index is 11.7. The number of aromatic nitrogens is 1. The van der Waals surface area contributed by atoms with Crippen molar-refractivity contribution in [2.75, 3.05) is 12.3 Å². The molecule has 1 fully saturated rings. The molecule has 17 heavy (non-hydrogen) atoms. The van der Waals surface area contributed by atoms with Crippen molar-refractivity contribution in [3.63, 3.8) is 0 Å². The number of anilines is 1. The lowest BCUT2D eigenvalue weighted by Crippen LogP contribution is -2.34. The normalized spacial score (nSPS) is 16.2. The van der Waals surface area contributed by atoms with Crippen molar-refractivity contribution in [2.24, 2.45) is 5.41 Å². The molecular formula is C11H13N3O3. The molecule has 90 valence electrons. The number of nitrogens with two attached hydrogens (primary N) is 1. The highest BCUT2D eigenvalue weighted by atomic mass is 16.4. The Morgan fingerprint density at radius 3 is 2.76 bits per heavy atom. The first-order valence-corrected chi connectivity index (χ1v) is 5.27. The van der Waals surface area contributed by atoms with E-state index in [0.29, 0.717) is 12.8 Å². The van der Waals surface area contributed by atoms with Crippen LogP contribution in [0.5, 0.6) is 0 Å². The summed E-state index contributed by atoms with van der Waals surface area (Å²) in [4.78, 5) is 26.5.